The Kier molecular flexibility index (Phi) is 5.31. The summed E-state index contributed by atoms with van der Waals surface area (Å²) >= 11 is 3.58. The molecule has 1 aliphatic carbocycles. The second-order valence-corrected chi connectivity index (χ2v) is 6.32. The van der Waals surface area contributed by atoms with Crippen LogP contribution in [0.4, 0.5) is 0 Å². The molecule has 0 radical (unpaired) electrons. The van der Waals surface area contributed by atoms with E-state index in [0.717, 1.165) is 16.2 Å². The maximum Gasteiger partial charge on any atom is 0.135 e. The molecule has 1 unspecified atom stereocenters. The average Bonchev–Trinajstić information content (AvgIpc) is 2.79. The van der Waals surface area contributed by atoms with Gasteiger partial charge < -0.3 is 9.73 Å². The molecule has 1 fully saturated rings. The predicted octanol–water partition coefficient (Wildman–Crippen LogP) is 4.91. The van der Waals surface area contributed by atoms with E-state index >= 15 is 0 Å². The van der Waals surface area contributed by atoms with E-state index < -0.39 is 0 Å². The van der Waals surface area contributed by atoms with Gasteiger partial charge in [0.15, 0.2) is 0 Å². The molecule has 0 aromatic carbocycles. The molecule has 2 rings (SSSR count). The molecule has 2 nitrogen and oxygen atoms in total. The molecule has 102 valence electrons. The second kappa shape index (κ2) is 6.76. The van der Waals surface area contributed by atoms with Crippen molar-refractivity contribution in [2.24, 2.45) is 11.8 Å². The molecule has 1 aliphatic rings. The number of hydrogen-bond acceptors (Lipinski definition) is 2. The normalized spacial score (nSPS) is 26.2. The van der Waals surface area contributed by atoms with E-state index in [1.807, 2.05) is 13.1 Å². The maximum absolute atomic E-state index is 5.64. The third-order valence-corrected chi connectivity index (χ3v) is 4.95. The zero-order valence-electron chi connectivity index (χ0n) is 11.4. The van der Waals surface area contributed by atoms with Crippen molar-refractivity contribution in [1.29, 1.82) is 0 Å². The summed E-state index contributed by atoms with van der Waals surface area (Å²) in [5, 5.41) is 3.44. The lowest BCUT2D eigenvalue weighted by atomic mass is 9.76. The summed E-state index contributed by atoms with van der Waals surface area (Å²) in [7, 11) is 2.04. The van der Waals surface area contributed by atoms with Gasteiger partial charge in [0.2, 0.25) is 0 Å². The van der Waals surface area contributed by atoms with Crippen LogP contribution in [-0.4, -0.2) is 7.05 Å². The van der Waals surface area contributed by atoms with Crippen molar-refractivity contribution in [1.82, 2.24) is 5.32 Å². The highest BCUT2D eigenvalue weighted by Crippen LogP contribution is 2.40. The Labute approximate surface area is 119 Å². The number of nitrogens with one attached hydrogen (secondary N) is 1. The Morgan fingerprint density at radius 1 is 1.39 bits per heavy atom. The average molecular weight is 314 g/mol. The number of furan rings is 1. The van der Waals surface area contributed by atoms with Gasteiger partial charge in [-0.2, -0.15) is 0 Å². The van der Waals surface area contributed by atoms with E-state index in [-0.39, 0.29) is 0 Å². The monoisotopic (exact) mass is 313 g/mol. The van der Waals surface area contributed by atoms with Gasteiger partial charge in [0.25, 0.3) is 0 Å². The first-order valence-corrected chi connectivity index (χ1v) is 7.95. The van der Waals surface area contributed by atoms with Crippen LogP contribution in [-0.2, 0) is 0 Å². The first-order valence-electron chi connectivity index (χ1n) is 7.16. The van der Waals surface area contributed by atoms with E-state index in [0.29, 0.717) is 12.0 Å². The van der Waals surface area contributed by atoms with Crippen LogP contribution in [0.25, 0.3) is 0 Å². The van der Waals surface area contributed by atoms with E-state index in [1.54, 1.807) is 6.26 Å². The van der Waals surface area contributed by atoms with Gasteiger partial charge in [-0.15, -0.1) is 0 Å². The van der Waals surface area contributed by atoms with Gasteiger partial charge in [0, 0.05) is 0 Å². The van der Waals surface area contributed by atoms with Crippen LogP contribution in [0.5, 0.6) is 0 Å². The van der Waals surface area contributed by atoms with E-state index in [1.165, 1.54) is 38.5 Å². The van der Waals surface area contributed by atoms with E-state index in [9.17, 15) is 0 Å². The minimum Gasteiger partial charge on any atom is -0.466 e. The summed E-state index contributed by atoms with van der Waals surface area (Å²) in [6.45, 7) is 2.29. The molecule has 1 atom stereocenters. The Morgan fingerprint density at radius 2 is 2.11 bits per heavy atom. The summed E-state index contributed by atoms with van der Waals surface area (Å²) < 4.78 is 6.73. The molecule has 1 heterocycles. The molecule has 1 aromatic heterocycles. The lowest BCUT2D eigenvalue weighted by Gasteiger charge is -2.33. The molecule has 0 aliphatic heterocycles. The predicted molar refractivity (Wildman–Crippen MR) is 78.6 cm³/mol. The van der Waals surface area contributed by atoms with Gasteiger partial charge in [0.05, 0.1) is 16.8 Å². The first kappa shape index (κ1) is 14.1. The Balaban J connectivity index is 1.97. The summed E-state index contributed by atoms with van der Waals surface area (Å²) in [5.41, 5.74) is 0. The van der Waals surface area contributed by atoms with Gasteiger partial charge in [-0.25, -0.2) is 0 Å². The van der Waals surface area contributed by atoms with Crippen molar-refractivity contribution in [2.45, 2.75) is 51.5 Å². The molecule has 0 spiro atoms. The molecule has 1 saturated carbocycles. The number of rotatable bonds is 5. The van der Waals surface area contributed by atoms with Gasteiger partial charge >= 0.3 is 0 Å². The summed E-state index contributed by atoms with van der Waals surface area (Å²) in [6, 6.07) is 2.35. The zero-order valence-corrected chi connectivity index (χ0v) is 13.0. The molecule has 0 saturated heterocycles. The molecule has 1 aromatic rings. The lowest BCUT2D eigenvalue weighted by Crippen LogP contribution is -2.28. The van der Waals surface area contributed by atoms with Crippen LogP contribution in [0.3, 0.4) is 0 Å². The molecule has 18 heavy (non-hydrogen) atoms. The minimum absolute atomic E-state index is 0.358. The molecule has 1 N–H and O–H groups in total. The van der Waals surface area contributed by atoms with E-state index in [4.69, 9.17) is 4.42 Å². The molecular formula is C15H24BrNO. The number of halogens is 1. The summed E-state index contributed by atoms with van der Waals surface area (Å²) in [4.78, 5) is 0. The van der Waals surface area contributed by atoms with Gasteiger partial charge in [-0.3, -0.25) is 0 Å². The Hall–Kier alpha value is -0.280. The van der Waals surface area contributed by atoms with Gasteiger partial charge in [-0.1, -0.05) is 32.6 Å². The third kappa shape index (κ3) is 3.18. The Morgan fingerprint density at radius 3 is 2.61 bits per heavy atom. The van der Waals surface area contributed by atoms with Gasteiger partial charge in [0.1, 0.15) is 5.76 Å². The van der Waals surface area contributed by atoms with Crippen molar-refractivity contribution in [3.63, 3.8) is 0 Å². The fourth-order valence-electron chi connectivity index (χ4n) is 3.33. The zero-order chi connectivity index (χ0) is 13.0. The fourth-order valence-corrected chi connectivity index (χ4v) is 3.77. The molecule has 0 bridgehead atoms. The van der Waals surface area contributed by atoms with Crippen LogP contribution < -0.4 is 5.32 Å². The van der Waals surface area contributed by atoms with Crippen LogP contribution in [0.15, 0.2) is 21.2 Å². The van der Waals surface area contributed by atoms with Gasteiger partial charge in [-0.05, 0) is 53.7 Å². The topological polar surface area (TPSA) is 25.2 Å². The lowest BCUT2D eigenvalue weighted by molar-refractivity contribution is 0.204. The van der Waals surface area contributed by atoms with Crippen molar-refractivity contribution in [2.75, 3.05) is 7.05 Å². The summed E-state index contributed by atoms with van der Waals surface area (Å²) in [6.07, 6.45) is 9.92. The van der Waals surface area contributed by atoms with Crippen LogP contribution in [0.2, 0.25) is 0 Å². The van der Waals surface area contributed by atoms with Crippen molar-refractivity contribution < 1.29 is 4.42 Å². The molecule has 0 amide bonds. The molecule has 3 heteroatoms. The quantitative estimate of drug-likeness (QED) is 0.835. The summed E-state index contributed by atoms with van der Waals surface area (Å²) in [5.74, 6) is 2.74. The molecular weight excluding hydrogens is 290 g/mol. The van der Waals surface area contributed by atoms with Crippen molar-refractivity contribution in [3.8, 4) is 0 Å². The minimum atomic E-state index is 0.358. The second-order valence-electron chi connectivity index (χ2n) is 5.47. The maximum atomic E-state index is 5.64. The van der Waals surface area contributed by atoms with E-state index in [2.05, 4.69) is 28.2 Å². The number of hydrogen-bond donors (Lipinski definition) is 1. The van der Waals surface area contributed by atoms with Crippen molar-refractivity contribution >= 4 is 15.9 Å². The van der Waals surface area contributed by atoms with Crippen LogP contribution >= 0.6 is 15.9 Å². The highest BCUT2D eigenvalue weighted by molar-refractivity contribution is 9.10. The van der Waals surface area contributed by atoms with Crippen molar-refractivity contribution in [3.05, 3.63) is 22.6 Å². The first-order chi connectivity index (χ1) is 8.76. The highest BCUT2D eigenvalue weighted by atomic mass is 79.9. The fraction of sp³-hybridized carbons (Fsp3) is 0.733. The van der Waals surface area contributed by atoms with Crippen LogP contribution in [0, 0.1) is 11.8 Å². The third-order valence-electron chi connectivity index (χ3n) is 4.30. The SMILES string of the molecule is CCCC1CCC(C(NC)c2occc2Br)CC1. The smallest absolute Gasteiger partial charge is 0.135 e. The van der Waals surface area contributed by atoms with Crippen LogP contribution in [0.1, 0.15) is 57.3 Å². The highest BCUT2D eigenvalue weighted by Gasteiger charge is 2.30. The largest absolute Gasteiger partial charge is 0.466 e. The standard InChI is InChI=1S/C15H24BrNO/c1-3-4-11-5-7-12(8-6-11)14(17-2)15-13(16)9-10-18-15/h9-12,14,17H,3-8H2,1-2H3. The Bertz CT molecular complexity index is 355.